The third-order valence-electron chi connectivity index (χ3n) is 13.3. The summed E-state index contributed by atoms with van der Waals surface area (Å²) in [6, 6.07) is 7.57. The maximum absolute atomic E-state index is 14.4. The molecule has 3 heterocycles. The van der Waals surface area contributed by atoms with Crippen LogP contribution < -0.4 is 11.2 Å². The van der Waals surface area contributed by atoms with Gasteiger partial charge in [-0.2, -0.15) is 0 Å². The number of aliphatic hydroxyl groups is 1. The van der Waals surface area contributed by atoms with Crippen LogP contribution in [0.25, 0.3) is 28.6 Å². The van der Waals surface area contributed by atoms with E-state index in [4.69, 9.17) is 62.6 Å². The molecule has 0 spiro atoms. The van der Waals surface area contributed by atoms with E-state index in [1.807, 2.05) is 33.4 Å². The first kappa shape index (κ1) is 61.0. The number of carbonyl (C=O) groups is 1. The number of hydrogen-bond acceptors (Lipinski definition) is 16. The predicted molar refractivity (Wildman–Crippen MR) is 281 cm³/mol. The number of ether oxygens (including phenoxy) is 10. The lowest BCUT2D eigenvalue weighted by Crippen LogP contribution is -2.43. The molecule has 1 aliphatic heterocycles. The maximum Gasteiger partial charge on any atom is 0.332 e. The van der Waals surface area contributed by atoms with Crippen LogP contribution >= 0.6 is 0 Å². The van der Waals surface area contributed by atoms with Gasteiger partial charge in [0.05, 0.1) is 132 Å². The number of morpholine rings is 1. The highest BCUT2D eigenvalue weighted by Gasteiger charge is 2.27. The molecule has 20 heteroatoms. The van der Waals surface area contributed by atoms with Gasteiger partial charge in [0.2, 0.25) is 0 Å². The van der Waals surface area contributed by atoms with Crippen molar-refractivity contribution in [2.75, 3.05) is 159 Å². The molecular weight excluding hydrogens is 959 g/mol. The number of aliphatic carboxylic acids is 1. The Kier molecular flexibility index (Phi) is 31.1. The van der Waals surface area contributed by atoms with Gasteiger partial charge in [0.1, 0.15) is 5.82 Å². The average molecular weight is 1050 g/mol. The lowest BCUT2D eigenvalue weighted by Gasteiger charge is -2.26. The molecule has 1 aromatic carbocycles. The Labute approximate surface area is 437 Å². The second-order valence-electron chi connectivity index (χ2n) is 18.8. The van der Waals surface area contributed by atoms with Gasteiger partial charge >= 0.3 is 11.7 Å². The molecule has 74 heavy (non-hydrogen) atoms. The number of methoxy groups -OCH3 is 1. The first-order valence-electron chi connectivity index (χ1n) is 27.2. The molecule has 3 aromatic rings. The van der Waals surface area contributed by atoms with Crippen LogP contribution in [-0.4, -0.2) is 199 Å². The summed E-state index contributed by atoms with van der Waals surface area (Å²) >= 11 is 0. The van der Waals surface area contributed by atoms with Crippen LogP contribution in [0.2, 0.25) is 0 Å². The summed E-state index contributed by atoms with van der Waals surface area (Å²) in [7, 11) is 1.64. The van der Waals surface area contributed by atoms with Crippen molar-refractivity contribution < 1.29 is 62.4 Å². The second-order valence-corrected chi connectivity index (χ2v) is 18.8. The second kappa shape index (κ2) is 37.8. The highest BCUT2D eigenvalue weighted by atomic mass is 16.6. The van der Waals surface area contributed by atoms with E-state index in [1.165, 1.54) is 30.3 Å². The van der Waals surface area contributed by atoms with E-state index in [2.05, 4.69) is 4.90 Å². The van der Waals surface area contributed by atoms with Crippen molar-refractivity contribution in [1.82, 2.24) is 23.6 Å². The highest BCUT2D eigenvalue weighted by Crippen LogP contribution is 2.29. The molecule has 0 atom stereocenters. The van der Waals surface area contributed by atoms with Crippen molar-refractivity contribution >= 4 is 23.2 Å². The molecule has 0 amide bonds. The quantitative estimate of drug-likeness (QED) is 0.0588. The number of carboxylic acids is 1. The Morgan fingerprint density at radius 3 is 1.54 bits per heavy atom. The average Bonchev–Trinajstić information content (AvgIpc) is 3.81. The van der Waals surface area contributed by atoms with Gasteiger partial charge in [-0.1, -0.05) is 62.8 Å². The van der Waals surface area contributed by atoms with Crippen LogP contribution in [0.15, 0.2) is 39.9 Å². The van der Waals surface area contributed by atoms with E-state index < -0.39 is 5.97 Å². The number of hydrogen-bond donors (Lipinski definition) is 2. The van der Waals surface area contributed by atoms with E-state index in [-0.39, 0.29) is 17.9 Å². The Hall–Kier alpha value is -3.90. The summed E-state index contributed by atoms with van der Waals surface area (Å²) in [5.74, 6) is 0.412. The fourth-order valence-electron chi connectivity index (χ4n) is 9.35. The molecule has 20 nitrogen and oxygen atoms in total. The van der Waals surface area contributed by atoms with E-state index in [9.17, 15) is 14.4 Å². The number of rotatable bonds is 37. The summed E-state index contributed by atoms with van der Waals surface area (Å²) in [5, 5.41) is 17.6. The maximum atomic E-state index is 14.4. The third kappa shape index (κ3) is 23.1. The zero-order valence-corrected chi connectivity index (χ0v) is 44.2. The summed E-state index contributed by atoms with van der Waals surface area (Å²) in [6.07, 6.45) is 14.9. The SMILES string of the molecule is COCCOCCOCCOCCOCCOCCOCCOCCOCCO.O=C(O)/C=C/c1ccc(-c2nc3c(c(=O)n(CC4CCCCC4)c(=O)n3CC3CCCCC3)n2CCCN2CCOCC2)cc1. The van der Waals surface area contributed by atoms with E-state index in [0.29, 0.717) is 161 Å². The molecule has 418 valence electrons. The third-order valence-corrected chi connectivity index (χ3v) is 13.3. The van der Waals surface area contributed by atoms with Crippen molar-refractivity contribution in [2.24, 2.45) is 11.8 Å². The summed E-state index contributed by atoms with van der Waals surface area (Å²) in [4.78, 5) is 47.1. The van der Waals surface area contributed by atoms with Gasteiger partial charge in [-0.25, -0.2) is 14.6 Å². The van der Waals surface area contributed by atoms with Crippen molar-refractivity contribution in [1.29, 1.82) is 0 Å². The molecule has 0 unspecified atom stereocenters. The molecule has 2 N–H and O–H groups in total. The lowest BCUT2D eigenvalue weighted by atomic mass is 9.89. The van der Waals surface area contributed by atoms with Crippen LogP contribution in [-0.2, 0) is 71.8 Å². The number of aromatic nitrogens is 4. The number of aryl methyl sites for hydroxylation is 1. The molecule has 0 radical (unpaired) electrons. The Balaban J connectivity index is 0.000000305. The van der Waals surface area contributed by atoms with Crippen LogP contribution in [0.4, 0.5) is 0 Å². The first-order valence-corrected chi connectivity index (χ1v) is 27.2. The van der Waals surface area contributed by atoms with Gasteiger partial charge in [0.25, 0.3) is 5.56 Å². The van der Waals surface area contributed by atoms with E-state index in [1.54, 1.807) is 13.2 Å². The summed E-state index contributed by atoms with van der Waals surface area (Å²) in [6.45, 7) is 14.7. The molecular formula is C54H87N5O15. The molecule has 1 saturated heterocycles. The molecule has 3 aliphatic rings. The largest absolute Gasteiger partial charge is 0.478 e. The van der Waals surface area contributed by atoms with Crippen molar-refractivity contribution in [3.05, 3.63) is 56.7 Å². The lowest BCUT2D eigenvalue weighted by molar-refractivity contribution is -0.131. The predicted octanol–water partition coefficient (Wildman–Crippen LogP) is 4.77. The fraction of sp³-hybridized carbons (Fsp3) is 0.741. The van der Waals surface area contributed by atoms with Gasteiger partial charge in [-0.15, -0.1) is 0 Å². The minimum atomic E-state index is -0.999. The number of nitrogens with zero attached hydrogens (tertiary/aromatic N) is 5. The van der Waals surface area contributed by atoms with E-state index >= 15 is 0 Å². The monoisotopic (exact) mass is 1050 g/mol. The van der Waals surface area contributed by atoms with Crippen LogP contribution in [0.1, 0.15) is 76.2 Å². The fourth-order valence-corrected chi connectivity index (χ4v) is 9.35. The minimum absolute atomic E-state index is 0.0322. The number of fused-ring (bicyclic) bond motifs is 1. The van der Waals surface area contributed by atoms with Crippen LogP contribution in [0.3, 0.4) is 0 Å². The normalized spacial score (nSPS) is 16.1. The molecule has 3 fully saturated rings. The molecule has 2 aromatic heterocycles. The Bertz CT molecular complexity index is 2070. The topological polar surface area (TPSA) is 215 Å². The van der Waals surface area contributed by atoms with Crippen molar-refractivity contribution in [3.8, 4) is 11.4 Å². The number of imidazole rings is 1. The number of benzene rings is 1. The number of aliphatic hydroxyl groups excluding tert-OH is 1. The molecule has 0 bridgehead atoms. The zero-order valence-electron chi connectivity index (χ0n) is 44.2. The minimum Gasteiger partial charge on any atom is -0.478 e. The Morgan fingerprint density at radius 2 is 1.08 bits per heavy atom. The van der Waals surface area contributed by atoms with Gasteiger partial charge < -0.3 is 62.1 Å². The van der Waals surface area contributed by atoms with Crippen LogP contribution in [0, 0.1) is 11.8 Å². The highest BCUT2D eigenvalue weighted by molar-refractivity contribution is 5.85. The smallest absolute Gasteiger partial charge is 0.332 e. The Morgan fingerprint density at radius 1 is 0.622 bits per heavy atom. The zero-order chi connectivity index (χ0) is 52.3. The van der Waals surface area contributed by atoms with Crippen molar-refractivity contribution in [2.45, 2.75) is 90.3 Å². The van der Waals surface area contributed by atoms with Gasteiger partial charge in [-0.3, -0.25) is 18.8 Å². The summed E-state index contributed by atoms with van der Waals surface area (Å²) in [5.41, 5.74) is 2.16. The van der Waals surface area contributed by atoms with Crippen molar-refractivity contribution in [3.63, 3.8) is 0 Å². The molecule has 2 saturated carbocycles. The van der Waals surface area contributed by atoms with Gasteiger partial charge in [0.15, 0.2) is 11.2 Å². The van der Waals surface area contributed by atoms with Gasteiger partial charge in [0, 0.05) is 58.0 Å². The first-order chi connectivity index (χ1) is 36.4. The van der Waals surface area contributed by atoms with Gasteiger partial charge in [-0.05, 0) is 55.6 Å². The van der Waals surface area contributed by atoms with E-state index in [0.717, 1.165) is 95.0 Å². The summed E-state index contributed by atoms with van der Waals surface area (Å²) < 4.78 is 58.4. The van der Waals surface area contributed by atoms with Crippen LogP contribution in [0.5, 0.6) is 0 Å². The molecule has 6 rings (SSSR count). The number of carboxylic acid groups (broad SMARTS) is 1. The molecule has 2 aliphatic carbocycles. The standard InChI is InChI=1S/C35H47N5O5.C19H40O10/c41-30(42)17-14-26-12-15-29(16-13-26)32-36-33-31(38(32)19-7-18-37-20-22-45-23-21-37)34(43)40(25-28-10-5-2-6-11-28)35(44)39(33)24-27-8-3-1-4-9-27;1-21-4-5-23-8-9-25-12-13-27-16-17-29-19-18-28-15-14-26-11-10-24-7-6-22-3-2-20/h12-17,27-28H,1-11,18-25H2,(H,41,42);20H,2-19H2,1H3/b17-14+;.